The van der Waals surface area contributed by atoms with Crippen molar-refractivity contribution in [2.45, 2.75) is 6.54 Å². The number of hydrogen-bond donors (Lipinski definition) is 0. The molecule has 0 radical (unpaired) electrons. The Morgan fingerprint density at radius 3 is 2.25 bits per heavy atom. The Labute approximate surface area is 164 Å². The molecule has 0 unspecified atom stereocenters. The zero-order chi connectivity index (χ0) is 19.3. The van der Waals surface area contributed by atoms with Gasteiger partial charge in [-0.05, 0) is 35.4 Å². The Balaban J connectivity index is 1.43. The van der Waals surface area contributed by atoms with Crippen LogP contribution in [0.15, 0.2) is 65.4 Å². The fraction of sp³-hybridized carbons (Fsp3) is 0.273. The van der Waals surface area contributed by atoms with Gasteiger partial charge in [0.05, 0.1) is 19.8 Å². The van der Waals surface area contributed by atoms with Crippen LogP contribution >= 0.6 is 0 Å². The van der Waals surface area contributed by atoms with E-state index in [0.29, 0.717) is 12.1 Å². The predicted octanol–water partition coefficient (Wildman–Crippen LogP) is 3.45. The van der Waals surface area contributed by atoms with Gasteiger partial charge >= 0.3 is 0 Å². The minimum atomic E-state index is -0.0442. The summed E-state index contributed by atoms with van der Waals surface area (Å²) in [6, 6.07) is 18.0. The number of morpholine rings is 1. The van der Waals surface area contributed by atoms with Gasteiger partial charge in [0.2, 0.25) is 0 Å². The number of anilines is 1. The Kier molecular flexibility index (Phi) is 5.39. The molecule has 0 saturated carbocycles. The van der Waals surface area contributed by atoms with Crippen LogP contribution in [0.25, 0.3) is 11.1 Å². The van der Waals surface area contributed by atoms with E-state index in [0.717, 1.165) is 43.1 Å². The summed E-state index contributed by atoms with van der Waals surface area (Å²) in [6.45, 7) is 3.83. The van der Waals surface area contributed by atoms with Gasteiger partial charge in [-0.3, -0.25) is 4.79 Å². The average Bonchev–Trinajstić information content (AvgIpc) is 3.27. The van der Waals surface area contributed by atoms with E-state index in [-0.39, 0.29) is 5.91 Å². The van der Waals surface area contributed by atoms with Gasteiger partial charge in [0, 0.05) is 37.5 Å². The van der Waals surface area contributed by atoms with Crippen molar-refractivity contribution in [1.82, 2.24) is 10.1 Å². The van der Waals surface area contributed by atoms with Crippen LogP contribution in [0.4, 0.5) is 5.69 Å². The van der Waals surface area contributed by atoms with Gasteiger partial charge in [-0.1, -0.05) is 29.4 Å². The van der Waals surface area contributed by atoms with Crippen LogP contribution in [0.5, 0.6) is 0 Å². The molecule has 4 rings (SSSR count). The van der Waals surface area contributed by atoms with Gasteiger partial charge in [-0.25, -0.2) is 0 Å². The monoisotopic (exact) mass is 377 g/mol. The smallest absolute Gasteiger partial charge is 0.253 e. The van der Waals surface area contributed by atoms with Crippen molar-refractivity contribution >= 4 is 11.6 Å². The highest BCUT2D eigenvalue weighted by molar-refractivity contribution is 5.94. The third-order valence-electron chi connectivity index (χ3n) is 4.95. The van der Waals surface area contributed by atoms with E-state index in [4.69, 9.17) is 9.26 Å². The largest absolute Gasteiger partial charge is 0.378 e. The molecule has 1 aliphatic heterocycles. The van der Waals surface area contributed by atoms with E-state index in [1.165, 1.54) is 12.0 Å². The highest BCUT2D eigenvalue weighted by Gasteiger charge is 2.14. The number of ether oxygens (including phenoxy) is 1. The Morgan fingerprint density at radius 2 is 1.64 bits per heavy atom. The molecule has 0 N–H and O–H groups in total. The summed E-state index contributed by atoms with van der Waals surface area (Å²) in [5.41, 5.74) is 4.82. The summed E-state index contributed by atoms with van der Waals surface area (Å²) < 4.78 is 10.2. The molecule has 1 fully saturated rings. The van der Waals surface area contributed by atoms with Crippen LogP contribution in [0.1, 0.15) is 16.1 Å². The van der Waals surface area contributed by atoms with Gasteiger partial charge < -0.3 is 19.1 Å². The van der Waals surface area contributed by atoms with E-state index in [1.54, 1.807) is 18.0 Å². The molecule has 0 spiro atoms. The molecule has 1 aliphatic rings. The molecule has 1 amide bonds. The van der Waals surface area contributed by atoms with Crippen molar-refractivity contribution in [3.05, 3.63) is 72.1 Å². The molecule has 0 atom stereocenters. The quantitative estimate of drug-likeness (QED) is 0.682. The third kappa shape index (κ3) is 4.07. The molecule has 3 aromatic rings. The predicted molar refractivity (Wildman–Crippen MR) is 107 cm³/mol. The molecule has 1 aromatic heterocycles. The molecule has 0 aliphatic carbocycles. The first-order valence-electron chi connectivity index (χ1n) is 9.38. The number of hydrogen-bond acceptors (Lipinski definition) is 5. The lowest BCUT2D eigenvalue weighted by Crippen LogP contribution is -2.36. The lowest BCUT2D eigenvalue weighted by Gasteiger charge is -2.28. The maximum absolute atomic E-state index is 12.6. The number of carbonyl (C=O) groups is 1. The van der Waals surface area contributed by atoms with E-state index < -0.39 is 0 Å². The molecule has 144 valence electrons. The third-order valence-corrected chi connectivity index (χ3v) is 4.95. The standard InChI is InChI=1S/C22H23N3O3/c1-24(16-20-10-13-28-23-20)22(26)19-4-2-17(3-5-19)18-6-8-21(9-7-18)25-11-14-27-15-12-25/h2-10,13H,11-12,14-16H2,1H3. The van der Waals surface area contributed by atoms with E-state index in [2.05, 4.69) is 34.3 Å². The van der Waals surface area contributed by atoms with Crippen molar-refractivity contribution in [2.75, 3.05) is 38.3 Å². The van der Waals surface area contributed by atoms with Gasteiger partial charge in [0.25, 0.3) is 5.91 Å². The van der Waals surface area contributed by atoms with Crippen LogP contribution in [0.3, 0.4) is 0 Å². The highest BCUT2D eigenvalue weighted by Crippen LogP contribution is 2.24. The highest BCUT2D eigenvalue weighted by atomic mass is 16.5. The summed E-state index contributed by atoms with van der Waals surface area (Å²) in [6.07, 6.45) is 1.51. The van der Waals surface area contributed by atoms with Crippen LogP contribution in [0.2, 0.25) is 0 Å². The summed E-state index contributed by atoms with van der Waals surface area (Å²) in [7, 11) is 1.76. The maximum atomic E-state index is 12.6. The van der Waals surface area contributed by atoms with Crippen molar-refractivity contribution < 1.29 is 14.1 Å². The van der Waals surface area contributed by atoms with Gasteiger partial charge in [-0.15, -0.1) is 0 Å². The Morgan fingerprint density at radius 1 is 1.00 bits per heavy atom. The van der Waals surface area contributed by atoms with Crippen molar-refractivity contribution in [3.8, 4) is 11.1 Å². The number of benzene rings is 2. The lowest BCUT2D eigenvalue weighted by molar-refractivity contribution is 0.0782. The topological polar surface area (TPSA) is 58.8 Å². The number of carbonyl (C=O) groups excluding carboxylic acids is 1. The molecule has 2 aromatic carbocycles. The van der Waals surface area contributed by atoms with Crippen molar-refractivity contribution in [3.63, 3.8) is 0 Å². The van der Waals surface area contributed by atoms with E-state index in [1.807, 2.05) is 24.3 Å². The molecule has 6 heteroatoms. The molecule has 6 nitrogen and oxygen atoms in total. The van der Waals surface area contributed by atoms with Gasteiger partial charge in [0.1, 0.15) is 12.0 Å². The van der Waals surface area contributed by atoms with Crippen LogP contribution in [-0.2, 0) is 11.3 Å². The minimum absolute atomic E-state index is 0.0442. The summed E-state index contributed by atoms with van der Waals surface area (Å²) >= 11 is 0. The first-order valence-corrected chi connectivity index (χ1v) is 9.38. The zero-order valence-electron chi connectivity index (χ0n) is 15.9. The second-order valence-corrected chi connectivity index (χ2v) is 6.88. The SMILES string of the molecule is CN(Cc1ccon1)C(=O)c1ccc(-c2ccc(N3CCOCC3)cc2)cc1. The van der Waals surface area contributed by atoms with Crippen LogP contribution < -0.4 is 4.90 Å². The second kappa shape index (κ2) is 8.27. The summed E-state index contributed by atoms with van der Waals surface area (Å²) in [5.74, 6) is -0.0442. The van der Waals surface area contributed by atoms with E-state index in [9.17, 15) is 4.79 Å². The zero-order valence-corrected chi connectivity index (χ0v) is 15.9. The summed E-state index contributed by atoms with van der Waals surface area (Å²) in [5, 5.41) is 3.85. The molecule has 2 heterocycles. The normalized spacial score (nSPS) is 14.1. The Hall–Kier alpha value is -3.12. The lowest BCUT2D eigenvalue weighted by atomic mass is 10.0. The van der Waals surface area contributed by atoms with Crippen LogP contribution in [-0.4, -0.2) is 49.3 Å². The molecule has 28 heavy (non-hydrogen) atoms. The van der Waals surface area contributed by atoms with Crippen molar-refractivity contribution in [1.29, 1.82) is 0 Å². The first kappa shape index (κ1) is 18.3. The number of aromatic nitrogens is 1. The van der Waals surface area contributed by atoms with E-state index >= 15 is 0 Å². The molecule has 0 bridgehead atoms. The van der Waals surface area contributed by atoms with Gasteiger partial charge in [0.15, 0.2) is 0 Å². The Bertz CT molecular complexity index is 899. The number of amides is 1. The number of rotatable bonds is 5. The first-order chi connectivity index (χ1) is 13.7. The van der Waals surface area contributed by atoms with Crippen LogP contribution in [0, 0.1) is 0 Å². The second-order valence-electron chi connectivity index (χ2n) is 6.88. The molecular formula is C22H23N3O3. The van der Waals surface area contributed by atoms with Crippen molar-refractivity contribution in [2.24, 2.45) is 0 Å². The fourth-order valence-electron chi connectivity index (χ4n) is 3.35. The number of nitrogens with zero attached hydrogens (tertiary/aromatic N) is 3. The van der Waals surface area contributed by atoms with Gasteiger partial charge in [-0.2, -0.15) is 0 Å². The summed E-state index contributed by atoms with van der Waals surface area (Å²) in [4.78, 5) is 16.6. The minimum Gasteiger partial charge on any atom is -0.378 e. The average molecular weight is 377 g/mol. The maximum Gasteiger partial charge on any atom is 0.253 e. The molecular weight excluding hydrogens is 354 g/mol. The fourth-order valence-corrected chi connectivity index (χ4v) is 3.35. The molecule has 1 saturated heterocycles.